The Bertz CT molecular complexity index is 293. The first-order valence-corrected chi connectivity index (χ1v) is 2.97. The van der Waals surface area contributed by atoms with Crippen molar-refractivity contribution in [3.63, 3.8) is 0 Å². The van der Waals surface area contributed by atoms with E-state index in [0.29, 0.717) is 11.4 Å². The van der Waals surface area contributed by atoms with Gasteiger partial charge in [0.15, 0.2) is 0 Å². The number of nitrogens with two attached hydrogens (primary N) is 3. The van der Waals surface area contributed by atoms with Crippen molar-refractivity contribution >= 4 is 22.7 Å². The standard InChI is InChI=1S/C6H9N5/c7-3-1-2-4(8)6(11-10)5(3)9/h1-2,10H,7-9H2. The van der Waals surface area contributed by atoms with Crippen molar-refractivity contribution in [1.29, 1.82) is 5.53 Å². The van der Waals surface area contributed by atoms with Crippen LogP contribution in [0.3, 0.4) is 0 Å². The van der Waals surface area contributed by atoms with E-state index in [-0.39, 0.29) is 11.4 Å². The zero-order chi connectivity index (χ0) is 8.43. The van der Waals surface area contributed by atoms with Crippen molar-refractivity contribution in [2.75, 3.05) is 17.2 Å². The van der Waals surface area contributed by atoms with Gasteiger partial charge in [-0.25, -0.2) is 5.53 Å². The van der Waals surface area contributed by atoms with Crippen LogP contribution in [0.2, 0.25) is 0 Å². The molecule has 0 heterocycles. The predicted molar refractivity (Wildman–Crippen MR) is 44.5 cm³/mol. The molecule has 0 fully saturated rings. The van der Waals surface area contributed by atoms with Crippen LogP contribution in [-0.2, 0) is 0 Å². The van der Waals surface area contributed by atoms with E-state index in [2.05, 4.69) is 5.11 Å². The van der Waals surface area contributed by atoms with E-state index >= 15 is 0 Å². The van der Waals surface area contributed by atoms with Gasteiger partial charge in [-0.15, -0.1) is 0 Å². The maximum Gasteiger partial charge on any atom is 0.133 e. The highest BCUT2D eigenvalue weighted by Gasteiger charge is 2.04. The maximum absolute atomic E-state index is 6.73. The second-order valence-corrected chi connectivity index (χ2v) is 2.12. The number of anilines is 3. The lowest BCUT2D eigenvalue weighted by Gasteiger charge is -2.04. The number of hydrogen-bond donors (Lipinski definition) is 4. The van der Waals surface area contributed by atoms with E-state index in [9.17, 15) is 0 Å². The molecule has 0 aromatic heterocycles. The molecule has 0 spiro atoms. The van der Waals surface area contributed by atoms with Crippen LogP contribution >= 0.6 is 0 Å². The number of rotatable bonds is 1. The topological polar surface area (TPSA) is 114 Å². The Kier molecular flexibility index (Phi) is 1.63. The summed E-state index contributed by atoms with van der Waals surface area (Å²) in [5.74, 6) is 0. The first kappa shape index (κ1) is 7.33. The smallest absolute Gasteiger partial charge is 0.133 e. The summed E-state index contributed by atoms with van der Waals surface area (Å²) in [6.45, 7) is 0. The molecule has 0 saturated heterocycles. The Labute approximate surface area is 63.7 Å². The highest BCUT2D eigenvalue weighted by Crippen LogP contribution is 2.33. The zero-order valence-electron chi connectivity index (χ0n) is 5.83. The number of nitrogens with one attached hydrogen (secondary N) is 1. The maximum atomic E-state index is 6.73. The summed E-state index contributed by atoms with van der Waals surface area (Å²) >= 11 is 0. The minimum Gasteiger partial charge on any atom is -0.397 e. The van der Waals surface area contributed by atoms with E-state index < -0.39 is 0 Å². The lowest BCUT2D eigenvalue weighted by Crippen LogP contribution is -1.97. The third-order valence-corrected chi connectivity index (χ3v) is 1.39. The van der Waals surface area contributed by atoms with E-state index in [4.69, 9.17) is 22.7 Å². The summed E-state index contributed by atoms with van der Waals surface area (Å²) in [5.41, 5.74) is 24.4. The quantitative estimate of drug-likeness (QED) is 0.355. The predicted octanol–water partition coefficient (Wildman–Crippen LogP) is 1.10. The number of benzene rings is 1. The van der Waals surface area contributed by atoms with Gasteiger partial charge in [-0.1, -0.05) is 0 Å². The molecule has 1 rings (SSSR count). The molecule has 0 aliphatic carbocycles. The molecule has 0 saturated carbocycles. The molecule has 0 aliphatic heterocycles. The fraction of sp³-hybridized carbons (Fsp3) is 0. The van der Waals surface area contributed by atoms with Crippen LogP contribution in [0, 0.1) is 5.53 Å². The van der Waals surface area contributed by atoms with E-state index in [1.807, 2.05) is 0 Å². The molecule has 5 heteroatoms. The minimum absolute atomic E-state index is 0.241. The van der Waals surface area contributed by atoms with Gasteiger partial charge in [-0.3, -0.25) is 0 Å². The average molecular weight is 151 g/mol. The molecule has 0 bridgehead atoms. The second kappa shape index (κ2) is 2.45. The van der Waals surface area contributed by atoms with Crippen molar-refractivity contribution < 1.29 is 0 Å². The van der Waals surface area contributed by atoms with Crippen LogP contribution in [0.4, 0.5) is 22.7 Å². The number of nitrogens with zero attached hydrogens (tertiary/aromatic N) is 1. The normalized spacial score (nSPS) is 9.45. The Morgan fingerprint density at radius 1 is 1.09 bits per heavy atom. The monoisotopic (exact) mass is 151 g/mol. The molecular weight excluding hydrogens is 142 g/mol. The highest BCUT2D eigenvalue weighted by atomic mass is 15.0. The summed E-state index contributed by atoms with van der Waals surface area (Å²) in [4.78, 5) is 0. The summed E-state index contributed by atoms with van der Waals surface area (Å²) < 4.78 is 0. The third kappa shape index (κ3) is 1.07. The molecule has 58 valence electrons. The first-order valence-electron chi connectivity index (χ1n) is 2.97. The van der Waals surface area contributed by atoms with Gasteiger partial charge in [-0.05, 0) is 12.1 Å². The average Bonchev–Trinajstić information content (AvgIpc) is 1.99. The summed E-state index contributed by atoms with van der Waals surface area (Å²) in [6.07, 6.45) is 0. The summed E-state index contributed by atoms with van der Waals surface area (Å²) in [7, 11) is 0. The Morgan fingerprint density at radius 3 is 2.09 bits per heavy atom. The van der Waals surface area contributed by atoms with Crippen LogP contribution in [0.25, 0.3) is 0 Å². The van der Waals surface area contributed by atoms with Crippen LogP contribution in [0.15, 0.2) is 17.2 Å². The molecule has 0 unspecified atom stereocenters. The molecule has 0 amide bonds. The van der Waals surface area contributed by atoms with Crippen LogP contribution < -0.4 is 17.2 Å². The molecule has 0 aliphatic rings. The molecule has 1 aromatic carbocycles. The molecule has 0 radical (unpaired) electrons. The summed E-state index contributed by atoms with van der Waals surface area (Å²) in [6, 6.07) is 3.15. The van der Waals surface area contributed by atoms with Crippen molar-refractivity contribution in [2.45, 2.75) is 0 Å². The summed E-state index contributed by atoms with van der Waals surface area (Å²) in [5, 5.41) is 3.15. The first-order chi connectivity index (χ1) is 5.16. The van der Waals surface area contributed by atoms with Crippen LogP contribution in [0.5, 0.6) is 0 Å². The lowest BCUT2D eigenvalue weighted by atomic mass is 10.2. The van der Waals surface area contributed by atoms with E-state index in [0.717, 1.165) is 0 Å². The van der Waals surface area contributed by atoms with Gasteiger partial charge >= 0.3 is 0 Å². The Balaban J connectivity index is 3.40. The lowest BCUT2D eigenvalue weighted by molar-refractivity contribution is 1.15. The van der Waals surface area contributed by atoms with Gasteiger partial charge in [-0.2, -0.15) is 5.11 Å². The van der Waals surface area contributed by atoms with Crippen molar-refractivity contribution in [3.05, 3.63) is 12.1 Å². The molecule has 1 aromatic rings. The highest BCUT2D eigenvalue weighted by molar-refractivity contribution is 5.85. The Hall–Kier alpha value is -1.78. The van der Waals surface area contributed by atoms with Gasteiger partial charge in [0.05, 0.1) is 17.1 Å². The largest absolute Gasteiger partial charge is 0.397 e. The number of hydrogen-bond acceptors (Lipinski definition) is 5. The SMILES string of the molecule is N=Nc1c(N)ccc(N)c1N. The Morgan fingerprint density at radius 2 is 1.64 bits per heavy atom. The van der Waals surface area contributed by atoms with Crippen molar-refractivity contribution in [3.8, 4) is 0 Å². The van der Waals surface area contributed by atoms with E-state index in [1.54, 1.807) is 12.1 Å². The van der Waals surface area contributed by atoms with E-state index in [1.165, 1.54) is 0 Å². The van der Waals surface area contributed by atoms with Gasteiger partial charge in [0, 0.05) is 0 Å². The molecule has 7 N–H and O–H groups in total. The minimum atomic E-state index is 0.241. The van der Waals surface area contributed by atoms with Crippen molar-refractivity contribution in [2.24, 2.45) is 5.11 Å². The van der Waals surface area contributed by atoms with Crippen LogP contribution in [-0.4, -0.2) is 0 Å². The molecule has 0 atom stereocenters. The molecular formula is C6H9N5. The van der Waals surface area contributed by atoms with Crippen molar-refractivity contribution in [1.82, 2.24) is 0 Å². The molecule has 11 heavy (non-hydrogen) atoms. The third-order valence-electron chi connectivity index (χ3n) is 1.39. The fourth-order valence-electron chi connectivity index (χ4n) is 0.765. The van der Waals surface area contributed by atoms with Gasteiger partial charge in [0.25, 0.3) is 0 Å². The fourth-order valence-corrected chi connectivity index (χ4v) is 0.765. The van der Waals surface area contributed by atoms with Gasteiger partial charge in [0.2, 0.25) is 0 Å². The zero-order valence-corrected chi connectivity index (χ0v) is 5.83. The van der Waals surface area contributed by atoms with Crippen LogP contribution in [0.1, 0.15) is 0 Å². The van der Waals surface area contributed by atoms with Gasteiger partial charge < -0.3 is 17.2 Å². The van der Waals surface area contributed by atoms with Gasteiger partial charge in [0.1, 0.15) is 5.69 Å². The number of nitrogen functional groups attached to an aromatic ring is 3. The second-order valence-electron chi connectivity index (χ2n) is 2.12. The molecule has 5 nitrogen and oxygen atoms in total.